The number of para-hydroxylation sites is 1. The summed E-state index contributed by atoms with van der Waals surface area (Å²) in [5.74, 6) is 0.729. The summed E-state index contributed by atoms with van der Waals surface area (Å²) >= 11 is 0. The van der Waals surface area contributed by atoms with Crippen LogP contribution < -0.4 is 0 Å². The average molecular weight is 1850 g/mol. The third-order valence-corrected chi connectivity index (χ3v) is 15.4. The van der Waals surface area contributed by atoms with Crippen molar-refractivity contribution < 1.29 is 81.4 Å². The second-order valence-corrected chi connectivity index (χ2v) is 21.8. The van der Waals surface area contributed by atoms with Crippen molar-refractivity contribution >= 4 is 0 Å². The van der Waals surface area contributed by atoms with Crippen molar-refractivity contribution in [1.29, 1.82) is 0 Å². The Hall–Kier alpha value is -7.68. The number of aryl methyl sites for hydroxylation is 3. The topological polar surface area (TPSA) is 97.1 Å². The molecule has 5 aromatic heterocycles. The molecule has 5 heterocycles. The van der Waals surface area contributed by atoms with Gasteiger partial charge in [-0.25, -0.2) is 5.10 Å². The summed E-state index contributed by atoms with van der Waals surface area (Å²) in [6.07, 6.45) is 15.0. The molecule has 0 bridgehead atoms. The van der Waals surface area contributed by atoms with Crippen LogP contribution in [0, 0.1) is 24.3 Å². The van der Waals surface area contributed by atoms with Crippen LogP contribution in [-0.4, -0.2) is 48.4 Å². The van der Waals surface area contributed by atoms with Gasteiger partial charge >= 0.3 is 0 Å². The van der Waals surface area contributed by atoms with Gasteiger partial charge in [-0.2, -0.15) is 0 Å². The first-order chi connectivity index (χ1) is 40.4. The minimum Gasteiger partial charge on any atom is -0.350 e. The van der Waals surface area contributed by atoms with Gasteiger partial charge in [0.05, 0.1) is 30.5 Å². The number of hydrogen-bond donors (Lipinski definition) is 0. The normalized spacial score (nSPS) is 12.1. The zero-order valence-corrected chi connectivity index (χ0v) is 58.3. The zero-order chi connectivity index (χ0) is 57.1. The van der Waals surface area contributed by atoms with Crippen molar-refractivity contribution in [3.8, 4) is 95.5 Å². The summed E-state index contributed by atoms with van der Waals surface area (Å²) in [4.78, 5) is 22.0. The van der Waals surface area contributed by atoms with E-state index in [0.717, 1.165) is 62.1 Å². The van der Waals surface area contributed by atoms with Gasteiger partial charge in [-0.1, -0.05) is 159 Å². The summed E-state index contributed by atoms with van der Waals surface area (Å²) in [5, 5.41) is 4.38. The second-order valence-electron chi connectivity index (χ2n) is 21.8. The van der Waals surface area contributed by atoms with Gasteiger partial charge in [-0.15, -0.1) is 124 Å². The fraction of sp³-hybridized carbons (Fsp3) is 0.123. The standard InChI is InChI=1S/C20H14N3.C19H17N2.C18H16N3.C16H13N2.3Ir.Pt/c1-2-9-18(10-3-1)23-14-20(22-15-23)17-8-6-7-16(13-17)19-11-4-5-12-21-19;1-19(2)16-7-5-4-6-14(16)15-9-8-13(10-17(15)19)18-11-21(3)12-20-18;1-18(2)15-7-5-4-6-13(15)14-9-8-12(10-16(14)18)17-19-11-21(3)20-17;1-18-11-16(17-12-18)15-9-5-8-14(10-15)13-6-3-2-4-7-13;;;;/h1-7,9-15H;4-7,9-12H,1-3H3;4-7,9-11H,1-3H3;2-8,10-12H,1H3;;;;/q4*-1;;;;. The fourth-order valence-electron chi connectivity index (χ4n) is 11.1. The van der Waals surface area contributed by atoms with E-state index in [2.05, 4.69) is 197 Å². The zero-order valence-electron chi connectivity index (χ0n) is 48.8. The van der Waals surface area contributed by atoms with Crippen LogP contribution in [0.2, 0.25) is 0 Å². The van der Waals surface area contributed by atoms with Gasteiger partial charge in [0.25, 0.3) is 0 Å². The molecule has 0 saturated heterocycles. The molecule has 2 aliphatic carbocycles. The molecule has 2 aliphatic rings. The maximum absolute atomic E-state index is 4.51. The Labute approximate surface area is 564 Å². The number of imidazole rings is 3. The van der Waals surface area contributed by atoms with Crippen LogP contribution in [0.5, 0.6) is 0 Å². The molecule has 0 fully saturated rings. The molecular weight excluding hydrogens is 1790 g/mol. The molecule has 0 N–H and O–H groups in total. The van der Waals surface area contributed by atoms with Crippen LogP contribution in [0.1, 0.15) is 49.9 Å². The van der Waals surface area contributed by atoms with E-state index in [1.54, 1.807) is 23.5 Å². The molecule has 14 heteroatoms. The molecule has 3 radical (unpaired) electrons. The number of benzene rings is 8. The predicted octanol–water partition coefficient (Wildman–Crippen LogP) is 15.7. The van der Waals surface area contributed by atoms with Crippen molar-refractivity contribution in [3.05, 3.63) is 285 Å². The Balaban J connectivity index is 0.000000149. The Morgan fingerprint density at radius 2 is 0.862 bits per heavy atom. The average Bonchev–Trinajstić information content (AvgIpc) is 1.62. The van der Waals surface area contributed by atoms with E-state index >= 15 is 0 Å². The monoisotopic (exact) mass is 1850 g/mol. The van der Waals surface area contributed by atoms with Gasteiger partial charge < -0.3 is 13.7 Å². The van der Waals surface area contributed by atoms with Crippen LogP contribution in [0.3, 0.4) is 0 Å². The van der Waals surface area contributed by atoms with Gasteiger partial charge in [0, 0.05) is 131 Å². The molecule has 0 unspecified atom stereocenters. The van der Waals surface area contributed by atoms with Gasteiger partial charge in [-0.05, 0) is 70.4 Å². The molecule has 0 saturated carbocycles. The van der Waals surface area contributed by atoms with E-state index in [4.69, 9.17) is 0 Å². The molecule has 15 rings (SSSR count). The van der Waals surface area contributed by atoms with Gasteiger partial charge in [0.1, 0.15) is 6.33 Å². The minimum atomic E-state index is 0. The van der Waals surface area contributed by atoms with Crippen LogP contribution in [0.4, 0.5) is 0 Å². The number of hydrogen-bond acceptors (Lipinski definition) is 6. The first kappa shape index (κ1) is 65.3. The Kier molecular flexibility index (Phi) is 21.3. The summed E-state index contributed by atoms with van der Waals surface area (Å²) < 4.78 is 7.64. The number of pyridine rings is 1. The van der Waals surface area contributed by atoms with Gasteiger partial charge in [-0.3, -0.25) is 29.6 Å². The van der Waals surface area contributed by atoms with Gasteiger partial charge in [0.2, 0.25) is 0 Å². The smallest absolute Gasteiger partial charge is 0.102 e. The molecule has 0 atom stereocenters. The van der Waals surface area contributed by atoms with Crippen molar-refractivity contribution in [3.63, 3.8) is 0 Å². The molecule has 8 aromatic carbocycles. The largest absolute Gasteiger partial charge is 0.350 e. The molecule has 0 aliphatic heterocycles. The Morgan fingerprint density at radius 1 is 0.379 bits per heavy atom. The number of nitrogens with zero attached hydrogens (tertiary/aromatic N) is 10. The second kappa shape index (κ2) is 28.4. The maximum Gasteiger partial charge on any atom is 0.102 e. The molecule has 0 amide bonds. The van der Waals surface area contributed by atoms with Crippen LogP contribution in [-0.2, 0) is 113 Å². The summed E-state index contributed by atoms with van der Waals surface area (Å²) in [6.45, 7) is 9.13. The van der Waals surface area contributed by atoms with Crippen molar-refractivity contribution in [1.82, 2.24) is 48.4 Å². The molecule has 13 aromatic rings. The van der Waals surface area contributed by atoms with E-state index in [1.807, 2.05) is 139 Å². The summed E-state index contributed by atoms with van der Waals surface area (Å²) in [7, 11) is 5.84. The molecule has 0 spiro atoms. The van der Waals surface area contributed by atoms with E-state index < -0.39 is 0 Å². The van der Waals surface area contributed by atoms with Crippen molar-refractivity contribution in [2.45, 2.75) is 38.5 Å². The molecular formula is C73H60Ir3N10Pt-4. The number of aromatic nitrogens is 10. The first-order valence-corrected chi connectivity index (χ1v) is 27.6. The van der Waals surface area contributed by atoms with E-state index in [9.17, 15) is 0 Å². The summed E-state index contributed by atoms with van der Waals surface area (Å²) in [6, 6.07) is 77.7. The van der Waals surface area contributed by atoms with E-state index in [-0.39, 0.29) is 92.2 Å². The van der Waals surface area contributed by atoms with Crippen molar-refractivity contribution in [2.75, 3.05) is 0 Å². The van der Waals surface area contributed by atoms with E-state index in [0.29, 0.717) is 0 Å². The molecule has 443 valence electrons. The Bertz CT molecular complexity index is 4250. The maximum atomic E-state index is 4.51. The quantitative estimate of drug-likeness (QED) is 0.148. The predicted molar refractivity (Wildman–Crippen MR) is 332 cm³/mol. The third-order valence-electron chi connectivity index (χ3n) is 15.4. The fourth-order valence-corrected chi connectivity index (χ4v) is 11.1. The van der Waals surface area contributed by atoms with Gasteiger partial charge in [0.15, 0.2) is 0 Å². The number of rotatable bonds is 7. The molecule has 87 heavy (non-hydrogen) atoms. The number of fused-ring (bicyclic) bond motifs is 6. The van der Waals surface area contributed by atoms with Crippen LogP contribution in [0.25, 0.3) is 95.5 Å². The Morgan fingerprint density at radius 3 is 1.40 bits per heavy atom. The van der Waals surface area contributed by atoms with Crippen LogP contribution in [0.15, 0.2) is 238 Å². The van der Waals surface area contributed by atoms with E-state index in [1.165, 1.54) is 55.6 Å². The third kappa shape index (κ3) is 14.0. The van der Waals surface area contributed by atoms with Crippen molar-refractivity contribution in [2.24, 2.45) is 21.1 Å². The van der Waals surface area contributed by atoms with Crippen LogP contribution >= 0.6 is 0 Å². The minimum absolute atomic E-state index is 0. The summed E-state index contributed by atoms with van der Waals surface area (Å²) in [5.41, 5.74) is 23.1. The first-order valence-electron chi connectivity index (χ1n) is 27.6. The SMILES string of the molecule is Cn1cnc(-c2[c-]cc3c(c2)C(C)(C)c2ccccc2-3)c1.Cn1cnc(-c2[c-]cc3c(c2)C(C)(C)c2ccccc2-3)n1.Cn1cnc(-c2[c-]ccc(-c3ccccc3)c2)c1.[Ir].[Ir].[Ir].[Pt].[c-]1ccc(-c2ccccn2)cc1-c1cn(-c2ccccc2)cn1. The molecule has 10 nitrogen and oxygen atoms in total.